The molecule has 0 saturated carbocycles. The van der Waals surface area contributed by atoms with Gasteiger partial charge >= 0.3 is 6.09 Å². The normalized spacial score (nSPS) is 20.0. The Labute approximate surface area is 119 Å². The van der Waals surface area contributed by atoms with Crippen LogP contribution in [0.25, 0.3) is 0 Å². The van der Waals surface area contributed by atoms with E-state index in [1.165, 1.54) is 0 Å². The smallest absolute Gasteiger partial charge is 0.414 e. The Morgan fingerprint density at radius 2 is 1.86 bits per heavy atom. The van der Waals surface area contributed by atoms with E-state index in [2.05, 4.69) is 0 Å². The van der Waals surface area contributed by atoms with Gasteiger partial charge in [0.05, 0.1) is 11.5 Å². The average Bonchev–Trinajstić information content (AvgIpc) is 2.67. The van der Waals surface area contributed by atoms with Gasteiger partial charge < -0.3 is 4.74 Å². The molecule has 1 heterocycles. The highest BCUT2D eigenvalue weighted by Gasteiger charge is 2.31. The molecule has 6 nitrogen and oxygen atoms in total. The van der Waals surface area contributed by atoms with E-state index in [-0.39, 0.29) is 17.9 Å². The Morgan fingerprint density at radius 3 is 2.38 bits per heavy atom. The summed E-state index contributed by atoms with van der Waals surface area (Å²) in [5.41, 5.74) is -0.909. The first kappa shape index (κ1) is 15.4. The number of carbonyl (C=O) groups excluding carboxylic acids is 2. The van der Waals surface area contributed by atoms with Crippen molar-refractivity contribution in [3.05, 3.63) is 35.4 Å². The van der Waals surface area contributed by atoms with Gasteiger partial charge in [0.15, 0.2) is 9.84 Å². The standard InChI is InChI=1S/C12H11F2NO5S/c13-8-2-1-3-9(14)10(8)11(16)15-12(17)20-7-4-5-21(18,19)6-7/h1-3,7H,4-6H2,(H,15,16,17)/t7-/m0/s1. The van der Waals surface area contributed by atoms with Crippen molar-refractivity contribution in [1.82, 2.24) is 5.32 Å². The number of carbonyl (C=O) groups is 2. The quantitative estimate of drug-likeness (QED) is 0.879. The van der Waals surface area contributed by atoms with Gasteiger partial charge in [-0.2, -0.15) is 0 Å². The van der Waals surface area contributed by atoms with E-state index in [9.17, 15) is 26.8 Å². The molecule has 0 bridgehead atoms. The van der Waals surface area contributed by atoms with Crippen LogP contribution in [0.1, 0.15) is 16.8 Å². The Hall–Kier alpha value is -2.03. The number of nitrogens with one attached hydrogen (secondary N) is 1. The Bertz CT molecular complexity index is 669. The molecule has 1 saturated heterocycles. The summed E-state index contributed by atoms with van der Waals surface area (Å²) in [5, 5.41) is 1.66. The zero-order chi connectivity index (χ0) is 15.6. The minimum Gasteiger partial charge on any atom is -0.445 e. The first-order valence-electron chi connectivity index (χ1n) is 5.95. The lowest BCUT2D eigenvalue weighted by molar-refractivity contribution is 0.0856. The highest BCUT2D eigenvalue weighted by Crippen LogP contribution is 2.15. The van der Waals surface area contributed by atoms with Gasteiger partial charge in [-0.05, 0) is 18.6 Å². The number of amides is 2. The number of hydrogen-bond acceptors (Lipinski definition) is 5. The van der Waals surface area contributed by atoms with Gasteiger partial charge in [0, 0.05) is 0 Å². The molecule has 1 atom stereocenters. The Morgan fingerprint density at radius 1 is 1.24 bits per heavy atom. The second-order valence-corrected chi connectivity index (χ2v) is 6.71. The van der Waals surface area contributed by atoms with Gasteiger partial charge in [-0.25, -0.2) is 22.0 Å². The fraction of sp³-hybridized carbons (Fsp3) is 0.333. The number of halogens is 2. The van der Waals surface area contributed by atoms with Crippen LogP contribution < -0.4 is 5.32 Å². The van der Waals surface area contributed by atoms with Crippen molar-refractivity contribution >= 4 is 21.8 Å². The van der Waals surface area contributed by atoms with Crippen LogP contribution in [0, 0.1) is 11.6 Å². The number of hydrogen-bond donors (Lipinski definition) is 1. The zero-order valence-corrected chi connectivity index (χ0v) is 11.5. The van der Waals surface area contributed by atoms with Crippen molar-refractivity contribution in [1.29, 1.82) is 0 Å². The first-order chi connectivity index (χ1) is 9.78. The molecule has 1 aliphatic rings. The molecule has 2 amide bonds. The number of rotatable bonds is 2. The lowest BCUT2D eigenvalue weighted by atomic mass is 10.2. The maximum Gasteiger partial charge on any atom is 0.414 e. The summed E-state index contributed by atoms with van der Waals surface area (Å²) >= 11 is 0. The summed E-state index contributed by atoms with van der Waals surface area (Å²) in [6, 6.07) is 2.81. The minimum absolute atomic E-state index is 0.110. The van der Waals surface area contributed by atoms with E-state index in [4.69, 9.17) is 4.74 Å². The molecule has 1 N–H and O–H groups in total. The van der Waals surface area contributed by atoms with E-state index in [0.717, 1.165) is 18.2 Å². The number of ether oxygens (including phenoxy) is 1. The van der Waals surface area contributed by atoms with Crippen LogP contribution in [0.5, 0.6) is 0 Å². The summed E-state index contributed by atoms with van der Waals surface area (Å²) in [6.45, 7) is 0. The van der Waals surface area contributed by atoms with E-state index in [1.54, 1.807) is 5.32 Å². The highest BCUT2D eigenvalue weighted by atomic mass is 32.2. The Kier molecular flexibility index (Phi) is 4.21. The van der Waals surface area contributed by atoms with Gasteiger partial charge in [0.2, 0.25) is 0 Å². The molecule has 0 spiro atoms. The monoisotopic (exact) mass is 319 g/mol. The molecule has 1 aliphatic heterocycles. The van der Waals surface area contributed by atoms with E-state index in [0.29, 0.717) is 0 Å². The van der Waals surface area contributed by atoms with Crippen molar-refractivity contribution in [2.45, 2.75) is 12.5 Å². The maximum atomic E-state index is 13.3. The molecule has 9 heteroatoms. The molecule has 114 valence electrons. The topological polar surface area (TPSA) is 89.5 Å². The lowest BCUT2D eigenvalue weighted by Crippen LogP contribution is -2.35. The summed E-state index contributed by atoms with van der Waals surface area (Å²) in [5.74, 6) is -3.98. The molecular formula is C12H11F2NO5S. The van der Waals surface area contributed by atoms with Crippen LogP contribution >= 0.6 is 0 Å². The third-order valence-electron chi connectivity index (χ3n) is 2.87. The summed E-state index contributed by atoms with van der Waals surface area (Å²) in [4.78, 5) is 23.0. The SMILES string of the molecule is O=C(NC(=O)c1c(F)cccc1F)O[C@H]1CCS(=O)(=O)C1. The molecule has 0 unspecified atom stereocenters. The molecule has 21 heavy (non-hydrogen) atoms. The molecule has 0 radical (unpaired) electrons. The molecule has 0 aromatic heterocycles. The van der Waals surface area contributed by atoms with Crippen LogP contribution in [0.4, 0.5) is 13.6 Å². The fourth-order valence-corrected chi connectivity index (χ4v) is 3.49. The largest absolute Gasteiger partial charge is 0.445 e. The summed E-state index contributed by atoms with van der Waals surface area (Å²) < 4.78 is 53.7. The molecule has 2 rings (SSSR count). The molecule has 0 aliphatic carbocycles. The number of sulfone groups is 1. The number of alkyl carbamates (subject to hydrolysis) is 1. The molecule has 1 fully saturated rings. The predicted octanol–water partition coefficient (Wildman–Crippen LogP) is 1.02. The van der Waals surface area contributed by atoms with Crippen LogP contribution in [0.2, 0.25) is 0 Å². The highest BCUT2D eigenvalue weighted by molar-refractivity contribution is 7.91. The molecule has 1 aromatic rings. The minimum atomic E-state index is -3.25. The summed E-state index contributed by atoms with van der Waals surface area (Å²) in [6.07, 6.45) is -1.99. The number of benzene rings is 1. The third kappa shape index (κ3) is 3.75. The van der Waals surface area contributed by atoms with Crippen molar-refractivity contribution in [2.75, 3.05) is 11.5 Å². The van der Waals surface area contributed by atoms with Gasteiger partial charge in [-0.1, -0.05) is 6.07 Å². The molecule has 1 aromatic carbocycles. The van der Waals surface area contributed by atoms with E-state index < -0.39 is 45.1 Å². The van der Waals surface area contributed by atoms with Crippen LogP contribution in [0.15, 0.2) is 18.2 Å². The molecular weight excluding hydrogens is 308 g/mol. The second kappa shape index (κ2) is 5.76. The van der Waals surface area contributed by atoms with Crippen LogP contribution in [0.3, 0.4) is 0 Å². The van der Waals surface area contributed by atoms with Gasteiger partial charge in [0.1, 0.15) is 23.3 Å². The predicted molar refractivity (Wildman–Crippen MR) is 67.4 cm³/mol. The van der Waals surface area contributed by atoms with E-state index >= 15 is 0 Å². The van der Waals surface area contributed by atoms with E-state index in [1.807, 2.05) is 0 Å². The van der Waals surface area contributed by atoms with Crippen molar-refractivity contribution in [3.63, 3.8) is 0 Å². The van der Waals surface area contributed by atoms with Crippen molar-refractivity contribution in [3.8, 4) is 0 Å². The summed E-state index contributed by atoms with van der Waals surface area (Å²) in [7, 11) is -3.25. The van der Waals surface area contributed by atoms with Crippen LogP contribution in [-0.2, 0) is 14.6 Å². The van der Waals surface area contributed by atoms with Crippen molar-refractivity contribution < 1.29 is 31.5 Å². The Balaban J connectivity index is 1.99. The third-order valence-corrected chi connectivity index (χ3v) is 4.61. The second-order valence-electron chi connectivity index (χ2n) is 4.48. The zero-order valence-electron chi connectivity index (χ0n) is 10.6. The van der Waals surface area contributed by atoms with Crippen LogP contribution in [-0.4, -0.2) is 38.0 Å². The fourth-order valence-electron chi connectivity index (χ4n) is 1.90. The van der Waals surface area contributed by atoms with Crippen molar-refractivity contribution in [2.24, 2.45) is 0 Å². The van der Waals surface area contributed by atoms with Gasteiger partial charge in [-0.3, -0.25) is 10.1 Å². The average molecular weight is 319 g/mol. The van der Waals surface area contributed by atoms with Gasteiger partial charge in [-0.15, -0.1) is 0 Å². The number of imide groups is 1. The maximum absolute atomic E-state index is 13.3. The first-order valence-corrected chi connectivity index (χ1v) is 7.77. The van der Waals surface area contributed by atoms with Gasteiger partial charge in [0.25, 0.3) is 5.91 Å². The lowest BCUT2D eigenvalue weighted by Gasteiger charge is -2.11.